The Bertz CT molecular complexity index is 718. The van der Waals surface area contributed by atoms with E-state index in [2.05, 4.69) is 25.5 Å². The van der Waals surface area contributed by atoms with Crippen molar-refractivity contribution in [2.24, 2.45) is 16.8 Å². The van der Waals surface area contributed by atoms with E-state index in [9.17, 15) is 4.79 Å². The zero-order valence-corrected chi connectivity index (χ0v) is 22.3. The maximum absolute atomic E-state index is 11.9. The molecule has 1 saturated carbocycles. The smallest absolute Gasteiger partial charge is 0.308 e. The summed E-state index contributed by atoms with van der Waals surface area (Å²) in [6.07, 6.45) is 6.04. The topological polar surface area (TPSA) is 92.0 Å². The standard InChI is InChI=1S/C23H39N5O3.HI/c1-5-30-22(29)19-6-8-20(9-7-19)27-23(24-4)25-14-18-10-12-28(13-11-18)15-21-26-16(2)17(3)31-21;/h18-20H,5-15H2,1-4H3,(H2,24,25,27);1H. The molecule has 3 rings (SSSR count). The predicted octanol–water partition coefficient (Wildman–Crippen LogP) is 3.41. The highest BCUT2D eigenvalue weighted by molar-refractivity contribution is 14.0. The van der Waals surface area contributed by atoms with E-state index in [4.69, 9.17) is 9.15 Å². The Balaban J connectivity index is 0.00000363. The van der Waals surface area contributed by atoms with Crippen molar-refractivity contribution in [1.82, 2.24) is 20.5 Å². The number of nitrogens with one attached hydrogen (secondary N) is 2. The van der Waals surface area contributed by atoms with Gasteiger partial charge in [0.25, 0.3) is 0 Å². The maximum atomic E-state index is 11.9. The SMILES string of the molecule is CCOC(=O)C1CCC(NC(=NC)NCC2CCN(Cc3nc(C)c(C)o3)CC2)CC1.I. The number of rotatable bonds is 7. The van der Waals surface area contributed by atoms with E-state index in [1.807, 2.05) is 27.8 Å². The number of piperidine rings is 1. The third-order valence-corrected chi connectivity index (χ3v) is 6.61. The number of hydrogen-bond donors (Lipinski definition) is 2. The minimum atomic E-state index is -0.0390. The van der Waals surface area contributed by atoms with E-state index >= 15 is 0 Å². The van der Waals surface area contributed by atoms with E-state index in [0.717, 1.165) is 88.0 Å². The van der Waals surface area contributed by atoms with Crippen molar-refractivity contribution >= 4 is 35.9 Å². The molecular formula is C23H40IN5O3. The third-order valence-electron chi connectivity index (χ3n) is 6.61. The zero-order chi connectivity index (χ0) is 22.2. The summed E-state index contributed by atoms with van der Waals surface area (Å²) in [7, 11) is 1.82. The first-order valence-corrected chi connectivity index (χ1v) is 11.8. The van der Waals surface area contributed by atoms with E-state index in [1.165, 1.54) is 0 Å². The minimum absolute atomic E-state index is 0. The average Bonchev–Trinajstić information content (AvgIpc) is 3.09. The number of ether oxygens (including phenoxy) is 1. The van der Waals surface area contributed by atoms with E-state index in [-0.39, 0.29) is 35.9 Å². The molecule has 2 aliphatic rings. The van der Waals surface area contributed by atoms with Crippen molar-refractivity contribution in [3.05, 3.63) is 17.3 Å². The first kappa shape index (κ1) is 26.9. The van der Waals surface area contributed by atoms with Crippen LogP contribution in [0, 0.1) is 25.7 Å². The quantitative estimate of drug-likeness (QED) is 0.228. The van der Waals surface area contributed by atoms with E-state index in [0.29, 0.717) is 18.6 Å². The molecule has 0 spiro atoms. The molecule has 2 N–H and O–H groups in total. The van der Waals surface area contributed by atoms with Crippen LogP contribution < -0.4 is 10.6 Å². The summed E-state index contributed by atoms with van der Waals surface area (Å²) < 4.78 is 10.9. The molecule has 0 unspecified atom stereocenters. The van der Waals surface area contributed by atoms with Gasteiger partial charge in [-0.15, -0.1) is 24.0 Å². The van der Waals surface area contributed by atoms with Gasteiger partial charge in [0.05, 0.1) is 24.8 Å². The molecule has 32 heavy (non-hydrogen) atoms. The lowest BCUT2D eigenvalue weighted by Gasteiger charge is -2.32. The van der Waals surface area contributed by atoms with Crippen LogP contribution in [0.3, 0.4) is 0 Å². The molecule has 1 saturated heterocycles. The number of oxazole rings is 1. The van der Waals surface area contributed by atoms with Crippen LogP contribution in [0.15, 0.2) is 9.41 Å². The number of aromatic nitrogens is 1. The number of halogens is 1. The molecular weight excluding hydrogens is 521 g/mol. The van der Waals surface area contributed by atoms with Crippen LogP contribution in [-0.2, 0) is 16.1 Å². The lowest BCUT2D eigenvalue weighted by Crippen LogP contribution is -2.47. The van der Waals surface area contributed by atoms with Gasteiger partial charge in [0.1, 0.15) is 5.76 Å². The van der Waals surface area contributed by atoms with Crippen LogP contribution in [0.5, 0.6) is 0 Å². The van der Waals surface area contributed by atoms with Gasteiger partial charge in [0, 0.05) is 19.6 Å². The molecule has 2 heterocycles. The summed E-state index contributed by atoms with van der Waals surface area (Å²) in [6.45, 7) is 10.2. The molecule has 1 aliphatic heterocycles. The Hall–Kier alpha value is -1.36. The number of aliphatic imine (C=N–C) groups is 1. The lowest BCUT2D eigenvalue weighted by molar-refractivity contribution is -0.149. The summed E-state index contributed by atoms with van der Waals surface area (Å²) in [5.74, 6) is 3.27. The summed E-state index contributed by atoms with van der Waals surface area (Å²) in [5.41, 5.74) is 0.988. The van der Waals surface area contributed by atoms with Crippen molar-refractivity contribution in [2.75, 3.05) is 33.3 Å². The number of esters is 1. The fourth-order valence-corrected chi connectivity index (χ4v) is 4.51. The molecule has 0 amide bonds. The highest BCUT2D eigenvalue weighted by Crippen LogP contribution is 2.25. The maximum Gasteiger partial charge on any atom is 0.308 e. The van der Waals surface area contributed by atoms with Crippen LogP contribution in [0.25, 0.3) is 0 Å². The van der Waals surface area contributed by atoms with Crippen molar-refractivity contribution in [2.45, 2.75) is 71.9 Å². The van der Waals surface area contributed by atoms with Gasteiger partial charge in [-0.1, -0.05) is 0 Å². The van der Waals surface area contributed by atoms with Gasteiger partial charge in [-0.2, -0.15) is 0 Å². The van der Waals surface area contributed by atoms with Gasteiger partial charge in [-0.05, 0) is 78.3 Å². The Morgan fingerprint density at radius 1 is 1.19 bits per heavy atom. The van der Waals surface area contributed by atoms with Crippen LogP contribution in [0.1, 0.15) is 62.8 Å². The Kier molecular flexibility index (Phi) is 11.2. The second-order valence-corrected chi connectivity index (χ2v) is 8.87. The monoisotopic (exact) mass is 561 g/mol. The van der Waals surface area contributed by atoms with Gasteiger partial charge in [-0.25, -0.2) is 4.98 Å². The molecule has 1 aromatic rings. The van der Waals surface area contributed by atoms with Crippen molar-refractivity contribution in [3.63, 3.8) is 0 Å². The molecule has 8 nitrogen and oxygen atoms in total. The molecule has 182 valence electrons. The molecule has 0 aromatic carbocycles. The first-order chi connectivity index (χ1) is 15.0. The fourth-order valence-electron chi connectivity index (χ4n) is 4.51. The molecule has 2 fully saturated rings. The summed E-state index contributed by atoms with van der Waals surface area (Å²) in [4.78, 5) is 23.2. The zero-order valence-electron chi connectivity index (χ0n) is 20.0. The second kappa shape index (κ2) is 13.4. The molecule has 0 bridgehead atoms. The number of likely N-dealkylation sites (tertiary alicyclic amines) is 1. The lowest BCUT2D eigenvalue weighted by atomic mass is 9.86. The largest absolute Gasteiger partial charge is 0.466 e. The number of carbonyl (C=O) groups is 1. The number of hydrogen-bond acceptors (Lipinski definition) is 6. The van der Waals surface area contributed by atoms with Crippen molar-refractivity contribution < 1.29 is 13.9 Å². The highest BCUT2D eigenvalue weighted by Gasteiger charge is 2.28. The fraction of sp³-hybridized carbons (Fsp3) is 0.783. The van der Waals surface area contributed by atoms with Gasteiger partial charge < -0.3 is 19.8 Å². The molecule has 0 radical (unpaired) electrons. The molecule has 9 heteroatoms. The Labute approximate surface area is 209 Å². The number of nitrogens with zero attached hydrogens (tertiary/aromatic N) is 3. The molecule has 0 atom stereocenters. The van der Waals surface area contributed by atoms with Gasteiger partial charge in [0.15, 0.2) is 5.96 Å². The Morgan fingerprint density at radius 2 is 1.88 bits per heavy atom. The number of guanidine groups is 1. The number of carbonyl (C=O) groups excluding carboxylic acids is 1. The minimum Gasteiger partial charge on any atom is -0.466 e. The highest BCUT2D eigenvalue weighted by atomic mass is 127. The predicted molar refractivity (Wildman–Crippen MR) is 136 cm³/mol. The van der Waals surface area contributed by atoms with Gasteiger partial charge in [-0.3, -0.25) is 14.7 Å². The second-order valence-electron chi connectivity index (χ2n) is 8.87. The van der Waals surface area contributed by atoms with Crippen LogP contribution in [-0.4, -0.2) is 61.1 Å². The van der Waals surface area contributed by atoms with Crippen LogP contribution in [0.2, 0.25) is 0 Å². The Morgan fingerprint density at radius 3 is 2.44 bits per heavy atom. The van der Waals surface area contributed by atoms with Gasteiger partial charge in [0.2, 0.25) is 5.89 Å². The first-order valence-electron chi connectivity index (χ1n) is 11.8. The normalized spacial score (nSPS) is 22.8. The molecule has 1 aromatic heterocycles. The molecule has 1 aliphatic carbocycles. The third kappa shape index (κ3) is 7.90. The van der Waals surface area contributed by atoms with E-state index in [1.54, 1.807) is 0 Å². The summed E-state index contributed by atoms with van der Waals surface area (Å²) in [6, 6.07) is 0.367. The average molecular weight is 562 g/mol. The summed E-state index contributed by atoms with van der Waals surface area (Å²) in [5, 5.41) is 7.06. The van der Waals surface area contributed by atoms with Crippen LogP contribution >= 0.6 is 24.0 Å². The van der Waals surface area contributed by atoms with Gasteiger partial charge >= 0.3 is 5.97 Å². The van der Waals surface area contributed by atoms with Crippen molar-refractivity contribution in [3.8, 4) is 0 Å². The van der Waals surface area contributed by atoms with Crippen LogP contribution in [0.4, 0.5) is 0 Å². The number of aryl methyl sites for hydroxylation is 2. The van der Waals surface area contributed by atoms with E-state index < -0.39 is 0 Å². The van der Waals surface area contributed by atoms with Crippen molar-refractivity contribution in [1.29, 1.82) is 0 Å². The summed E-state index contributed by atoms with van der Waals surface area (Å²) >= 11 is 0.